The second-order valence-corrected chi connectivity index (χ2v) is 7.33. The van der Waals surface area contributed by atoms with Crippen LogP contribution in [0.15, 0.2) is 22.5 Å². The van der Waals surface area contributed by atoms with Crippen LogP contribution in [0, 0.1) is 5.92 Å². The van der Waals surface area contributed by atoms with Gasteiger partial charge in [0.15, 0.2) is 5.96 Å². The third-order valence-corrected chi connectivity index (χ3v) is 5.28. The molecule has 2 unspecified atom stereocenters. The molecule has 0 spiro atoms. The van der Waals surface area contributed by atoms with Crippen LogP contribution in [0.1, 0.15) is 31.6 Å². The Morgan fingerprint density at radius 2 is 2.36 bits per heavy atom. The molecule has 2 N–H and O–H groups in total. The van der Waals surface area contributed by atoms with Crippen LogP contribution < -0.4 is 10.6 Å². The molecule has 0 radical (unpaired) electrons. The molecule has 5 heteroatoms. The van der Waals surface area contributed by atoms with E-state index in [2.05, 4.69) is 51.9 Å². The van der Waals surface area contributed by atoms with E-state index in [1.165, 1.54) is 30.8 Å². The molecule has 1 aliphatic heterocycles. The van der Waals surface area contributed by atoms with E-state index in [1.807, 2.05) is 18.4 Å². The average Bonchev–Trinajstić information content (AvgIpc) is 3.03. The molecule has 4 nitrogen and oxygen atoms in total. The molecule has 0 aliphatic carbocycles. The van der Waals surface area contributed by atoms with Gasteiger partial charge in [0.1, 0.15) is 0 Å². The van der Waals surface area contributed by atoms with Crippen LogP contribution in [0.2, 0.25) is 0 Å². The molecule has 0 amide bonds. The molecule has 22 heavy (non-hydrogen) atoms. The number of rotatable bonds is 6. The Balaban J connectivity index is 1.66. The minimum absolute atomic E-state index is 0.554. The van der Waals surface area contributed by atoms with Crippen molar-refractivity contribution in [1.29, 1.82) is 0 Å². The summed E-state index contributed by atoms with van der Waals surface area (Å²) in [5.74, 6) is 1.74. The van der Waals surface area contributed by atoms with Gasteiger partial charge in [0.05, 0.1) is 0 Å². The van der Waals surface area contributed by atoms with Gasteiger partial charge in [0.2, 0.25) is 0 Å². The summed E-state index contributed by atoms with van der Waals surface area (Å²) in [4.78, 5) is 8.33. The zero-order valence-corrected chi connectivity index (χ0v) is 15.0. The van der Waals surface area contributed by atoms with Crippen molar-refractivity contribution in [3.05, 3.63) is 22.4 Å². The first-order valence-electron chi connectivity index (χ1n) is 8.40. The summed E-state index contributed by atoms with van der Waals surface area (Å²) < 4.78 is 0. The first-order valence-corrected chi connectivity index (χ1v) is 9.28. The summed E-state index contributed by atoms with van der Waals surface area (Å²) in [5.41, 5.74) is 0. The zero-order chi connectivity index (χ0) is 15.8. The van der Waals surface area contributed by atoms with Crippen LogP contribution in [0.4, 0.5) is 0 Å². The summed E-state index contributed by atoms with van der Waals surface area (Å²) in [6, 6.07) is 4.84. The molecule has 0 aromatic carbocycles. The van der Waals surface area contributed by atoms with Crippen LogP contribution in [-0.4, -0.2) is 50.1 Å². The highest BCUT2D eigenvalue weighted by Crippen LogP contribution is 2.17. The van der Waals surface area contributed by atoms with E-state index in [0.717, 1.165) is 31.4 Å². The van der Waals surface area contributed by atoms with E-state index >= 15 is 0 Å². The Morgan fingerprint density at radius 1 is 1.50 bits per heavy atom. The van der Waals surface area contributed by atoms with Crippen LogP contribution in [0.5, 0.6) is 0 Å². The standard InChI is InChI=1S/C17H30N4S/c1-14-6-4-10-21(13-14)15(2)12-20-17(18-3)19-9-8-16-7-5-11-22-16/h5,7,11,14-15H,4,6,8-10,12-13H2,1-3H3,(H2,18,19,20). The molecule has 1 aliphatic rings. The predicted molar refractivity (Wildman–Crippen MR) is 96.8 cm³/mol. The molecule has 2 rings (SSSR count). The van der Waals surface area contributed by atoms with E-state index in [9.17, 15) is 0 Å². The fourth-order valence-electron chi connectivity index (χ4n) is 2.98. The highest BCUT2D eigenvalue weighted by molar-refractivity contribution is 7.09. The highest BCUT2D eigenvalue weighted by Gasteiger charge is 2.20. The van der Waals surface area contributed by atoms with Gasteiger partial charge in [-0.1, -0.05) is 13.0 Å². The molecule has 124 valence electrons. The maximum atomic E-state index is 4.32. The number of guanidine groups is 1. The summed E-state index contributed by atoms with van der Waals surface area (Å²) in [6.07, 6.45) is 3.76. The van der Waals surface area contributed by atoms with Gasteiger partial charge in [-0.05, 0) is 50.1 Å². The van der Waals surface area contributed by atoms with Crippen molar-refractivity contribution in [2.24, 2.45) is 10.9 Å². The topological polar surface area (TPSA) is 39.7 Å². The number of nitrogens with zero attached hydrogens (tertiary/aromatic N) is 2. The normalized spacial score (nSPS) is 21.6. The van der Waals surface area contributed by atoms with E-state index in [4.69, 9.17) is 0 Å². The molecule has 1 saturated heterocycles. The lowest BCUT2D eigenvalue weighted by Gasteiger charge is -2.35. The minimum atomic E-state index is 0.554. The summed E-state index contributed by atoms with van der Waals surface area (Å²) in [6.45, 7) is 9.01. The smallest absolute Gasteiger partial charge is 0.191 e. The van der Waals surface area contributed by atoms with E-state index in [-0.39, 0.29) is 0 Å². The van der Waals surface area contributed by atoms with Gasteiger partial charge in [-0.3, -0.25) is 9.89 Å². The van der Waals surface area contributed by atoms with Crippen LogP contribution in [0.3, 0.4) is 0 Å². The zero-order valence-electron chi connectivity index (χ0n) is 14.1. The quantitative estimate of drug-likeness (QED) is 0.625. The monoisotopic (exact) mass is 322 g/mol. The van der Waals surface area contributed by atoms with Gasteiger partial charge < -0.3 is 10.6 Å². The third kappa shape index (κ3) is 5.61. The minimum Gasteiger partial charge on any atom is -0.356 e. The number of aliphatic imine (C=N–C) groups is 1. The van der Waals surface area contributed by atoms with Gasteiger partial charge in [0, 0.05) is 37.6 Å². The van der Waals surface area contributed by atoms with Crippen LogP contribution >= 0.6 is 11.3 Å². The molecule has 0 saturated carbocycles. The summed E-state index contributed by atoms with van der Waals surface area (Å²) in [7, 11) is 1.84. The molecule has 0 bridgehead atoms. The lowest BCUT2D eigenvalue weighted by molar-refractivity contribution is 0.139. The van der Waals surface area contributed by atoms with Gasteiger partial charge in [-0.25, -0.2) is 0 Å². The second-order valence-electron chi connectivity index (χ2n) is 6.30. The number of piperidine rings is 1. The van der Waals surface area contributed by atoms with Crippen molar-refractivity contribution in [1.82, 2.24) is 15.5 Å². The maximum absolute atomic E-state index is 4.32. The van der Waals surface area contributed by atoms with Crippen molar-refractivity contribution < 1.29 is 0 Å². The van der Waals surface area contributed by atoms with Crippen LogP contribution in [-0.2, 0) is 6.42 Å². The predicted octanol–water partition coefficient (Wildman–Crippen LogP) is 2.58. The lowest BCUT2D eigenvalue weighted by atomic mass is 9.99. The highest BCUT2D eigenvalue weighted by atomic mass is 32.1. The molecular weight excluding hydrogens is 292 g/mol. The molecule has 1 fully saturated rings. The van der Waals surface area contributed by atoms with Gasteiger partial charge in [0.25, 0.3) is 0 Å². The van der Waals surface area contributed by atoms with Gasteiger partial charge in [-0.2, -0.15) is 0 Å². The Morgan fingerprint density at radius 3 is 3.05 bits per heavy atom. The fourth-order valence-corrected chi connectivity index (χ4v) is 3.69. The van der Waals surface area contributed by atoms with Crippen molar-refractivity contribution in [3.63, 3.8) is 0 Å². The number of hydrogen-bond donors (Lipinski definition) is 2. The van der Waals surface area contributed by atoms with E-state index in [0.29, 0.717) is 6.04 Å². The lowest BCUT2D eigenvalue weighted by Crippen LogP contribution is -2.48. The molecule has 2 heterocycles. The third-order valence-electron chi connectivity index (χ3n) is 4.34. The Hall–Kier alpha value is -1.07. The molecule has 1 aromatic heterocycles. The van der Waals surface area contributed by atoms with Crippen molar-refractivity contribution in [2.75, 3.05) is 33.2 Å². The number of thiophene rings is 1. The molecular formula is C17H30N4S. The van der Waals surface area contributed by atoms with E-state index in [1.54, 1.807) is 0 Å². The summed E-state index contributed by atoms with van der Waals surface area (Å²) >= 11 is 1.81. The first-order chi connectivity index (χ1) is 10.7. The van der Waals surface area contributed by atoms with Gasteiger partial charge >= 0.3 is 0 Å². The number of nitrogens with one attached hydrogen (secondary N) is 2. The maximum Gasteiger partial charge on any atom is 0.191 e. The number of hydrogen-bond acceptors (Lipinski definition) is 3. The van der Waals surface area contributed by atoms with Crippen molar-refractivity contribution >= 4 is 17.3 Å². The molecule has 1 aromatic rings. The Kier molecular flexibility index (Phi) is 7.19. The second kappa shape index (κ2) is 9.16. The average molecular weight is 323 g/mol. The SMILES string of the molecule is CN=C(NCCc1cccs1)NCC(C)N1CCCC(C)C1. The largest absolute Gasteiger partial charge is 0.356 e. The Labute approximate surface area is 139 Å². The fraction of sp³-hybridized carbons (Fsp3) is 0.706. The van der Waals surface area contributed by atoms with Gasteiger partial charge in [-0.15, -0.1) is 11.3 Å². The molecule has 2 atom stereocenters. The van der Waals surface area contributed by atoms with Crippen molar-refractivity contribution in [2.45, 2.75) is 39.2 Å². The first kappa shape index (κ1) is 17.3. The summed E-state index contributed by atoms with van der Waals surface area (Å²) in [5, 5.41) is 8.99. The van der Waals surface area contributed by atoms with E-state index < -0.39 is 0 Å². The Bertz CT molecular complexity index is 444. The van der Waals surface area contributed by atoms with Crippen LogP contribution in [0.25, 0.3) is 0 Å². The number of likely N-dealkylation sites (tertiary alicyclic amines) is 1. The van der Waals surface area contributed by atoms with Crippen molar-refractivity contribution in [3.8, 4) is 0 Å².